The van der Waals surface area contributed by atoms with Gasteiger partial charge in [-0.3, -0.25) is 0 Å². The van der Waals surface area contributed by atoms with Gasteiger partial charge in [0.2, 0.25) is 0 Å². The first-order valence-corrected chi connectivity index (χ1v) is 5.49. The summed E-state index contributed by atoms with van der Waals surface area (Å²) in [5.74, 6) is 0. The molecular weight excluding hydrogens is 199 g/mol. The van der Waals surface area contributed by atoms with Crippen LogP contribution in [0.3, 0.4) is 0 Å². The molecule has 0 spiro atoms. The number of hydrogen-bond donors (Lipinski definition) is 2. The van der Waals surface area contributed by atoms with Crippen molar-refractivity contribution in [3.05, 3.63) is 0 Å². The fourth-order valence-corrected chi connectivity index (χ4v) is 2.46. The second kappa shape index (κ2) is 4.32. The standard InChI is InChI=1S/C6H13FN2O3S/c7-4-6(10)5-9-3-1-2-8-13(9,11)12/h6,8,10H,1-5H2. The second-order valence-electron chi connectivity index (χ2n) is 2.92. The van der Waals surface area contributed by atoms with E-state index in [2.05, 4.69) is 4.72 Å². The third-order valence-electron chi connectivity index (χ3n) is 1.80. The average molecular weight is 212 g/mol. The number of alkyl halides is 1. The first-order valence-electron chi connectivity index (χ1n) is 4.05. The molecule has 1 fully saturated rings. The molecule has 1 aliphatic heterocycles. The lowest BCUT2D eigenvalue weighted by Crippen LogP contribution is -2.49. The summed E-state index contributed by atoms with van der Waals surface area (Å²) in [7, 11) is -3.47. The topological polar surface area (TPSA) is 69.6 Å². The number of halogens is 1. The molecule has 78 valence electrons. The zero-order chi connectivity index (χ0) is 9.90. The van der Waals surface area contributed by atoms with Crippen molar-refractivity contribution in [1.29, 1.82) is 0 Å². The Labute approximate surface area is 76.7 Å². The SMILES string of the molecule is O=S1(=O)NCCCN1CC(O)CF. The van der Waals surface area contributed by atoms with E-state index < -0.39 is 23.0 Å². The molecule has 0 aromatic heterocycles. The molecule has 0 radical (unpaired) electrons. The van der Waals surface area contributed by atoms with Crippen LogP contribution in [0.25, 0.3) is 0 Å². The van der Waals surface area contributed by atoms with Crippen LogP contribution < -0.4 is 4.72 Å². The minimum Gasteiger partial charge on any atom is -0.389 e. The lowest BCUT2D eigenvalue weighted by Gasteiger charge is -2.27. The van der Waals surface area contributed by atoms with Crippen molar-refractivity contribution in [2.24, 2.45) is 0 Å². The van der Waals surface area contributed by atoms with Crippen LogP contribution in [-0.2, 0) is 10.2 Å². The number of rotatable bonds is 3. The predicted molar refractivity (Wildman–Crippen MR) is 45.1 cm³/mol. The average Bonchev–Trinajstić information content (AvgIpc) is 2.08. The molecule has 5 nitrogen and oxygen atoms in total. The van der Waals surface area contributed by atoms with E-state index in [4.69, 9.17) is 5.11 Å². The maximum Gasteiger partial charge on any atom is 0.279 e. The largest absolute Gasteiger partial charge is 0.389 e. The van der Waals surface area contributed by atoms with E-state index in [1.807, 2.05) is 0 Å². The Hall–Kier alpha value is -0.240. The normalized spacial score (nSPS) is 25.7. The van der Waals surface area contributed by atoms with Gasteiger partial charge in [-0.15, -0.1) is 0 Å². The third-order valence-corrected chi connectivity index (χ3v) is 3.38. The molecule has 2 N–H and O–H groups in total. The zero-order valence-corrected chi connectivity index (χ0v) is 7.93. The Balaban J connectivity index is 2.56. The van der Waals surface area contributed by atoms with E-state index in [1.54, 1.807) is 0 Å². The number of aliphatic hydroxyl groups is 1. The number of β-amino-alcohol motifs (C(OH)–C–C–N with tert-alkyl or cyclic N) is 1. The number of aliphatic hydroxyl groups excluding tert-OH is 1. The van der Waals surface area contributed by atoms with Gasteiger partial charge in [0.1, 0.15) is 6.67 Å². The number of hydrogen-bond acceptors (Lipinski definition) is 3. The molecule has 1 atom stereocenters. The van der Waals surface area contributed by atoms with Crippen LogP contribution in [0.4, 0.5) is 4.39 Å². The summed E-state index contributed by atoms with van der Waals surface area (Å²) in [6, 6.07) is 0. The van der Waals surface area contributed by atoms with Gasteiger partial charge in [-0.25, -0.2) is 9.11 Å². The molecule has 0 saturated carbocycles. The van der Waals surface area contributed by atoms with E-state index in [0.29, 0.717) is 19.5 Å². The van der Waals surface area contributed by atoms with Gasteiger partial charge in [-0.2, -0.15) is 12.7 Å². The summed E-state index contributed by atoms with van der Waals surface area (Å²) in [4.78, 5) is 0. The van der Waals surface area contributed by atoms with Gasteiger partial charge in [0, 0.05) is 19.6 Å². The minimum absolute atomic E-state index is 0.175. The molecule has 0 aliphatic carbocycles. The molecule has 7 heteroatoms. The highest BCUT2D eigenvalue weighted by atomic mass is 32.2. The highest BCUT2D eigenvalue weighted by molar-refractivity contribution is 7.87. The van der Waals surface area contributed by atoms with Crippen molar-refractivity contribution < 1.29 is 17.9 Å². The first-order chi connectivity index (χ1) is 6.06. The maximum absolute atomic E-state index is 11.9. The smallest absolute Gasteiger partial charge is 0.279 e. The molecular formula is C6H13FN2O3S. The fourth-order valence-electron chi connectivity index (χ4n) is 1.14. The van der Waals surface area contributed by atoms with Crippen molar-refractivity contribution in [2.45, 2.75) is 12.5 Å². The van der Waals surface area contributed by atoms with Crippen LogP contribution in [0.5, 0.6) is 0 Å². The van der Waals surface area contributed by atoms with Gasteiger partial charge in [0.15, 0.2) is 0 Å². The molecule has 13 heavy (non-hydrogen) atoms. The van der Waals surface area contributed by atoms with Crippen LogP contribution in [0.2, 0.25) is 0 Å². The second-order valence-corrected chi connectivity index (χ2v) is 4.67. The zero-order valence-electron chi connectivity index (χ0n) is 7.11. The summed E-state index contributed by atoms with van der Waals surface area (Å²) in [6.45, 7) is -0.352. The van der Waals surface area contributed by atoms with Gasteiger partial charge >= 0.3 is 0 Å². The van der Waals surface area contributed by atoms with Crippen molar-refractivity contribution in [3.63, 3.8) is 0 Å². The highest BCUT2D eigenvalue weighted by Gasteiger charge is 2.26. The minimum atomic E-state index is -3.47. The molecule has 1 rings (SSSR count). The molecule has 1 unspecified atom stereocenters. The van der Waals surface area contributed by atoms with Gasteiger partial charge in [0.25, 0.3) is 10.2 Å². The molecule has 0 aromatic carbocycles. The molecule has 1 aliphatic rings. The molecule has 0 bridgehead atoms. The highest BCUT2D eigenvalue weighted by Crippen LogP contribution is 2.06. The Bertz CT molecular complexity index is 257. The summed E-state index contributed by atoms with van der Waals surface area (Å²) in [5.41, 5.74) is 0. The maximum atomic E-state index is 11.9. The van der Waals surface area contributed by atoms with Crippen molar-refractivity contribution >= 4 is 10.2 Å². The summed E-state index contributed by atoms with van der Waals surface area (Å²) < 4.78 is 37.7. The lowest BCUT2D eigenvalue weighted by molar-refractivity contribution is 0.114. The van der Waals surface area contributed by atoms with Gasteiger partial charge in [0.05, 0.1) is 6.10 Å². The summed E-state index contributed by atoms with van der Waals surface area (Å²) >= 11 is 0. The summed E-state index contributed by atoms with van der Waals surface area (Å²) in [6.07, 6.45) is -0.548. The predicted octanol–water partition coefficient (Wildman–Crippen LogP) is -1.14. The quantitative estimate of drug-likeness (QED) is 0.621. The van der Waals surface area contributed by atoms with Crippen LogP contribution in [0.15, 0.2) is 0 Å². The monoisotopic (exact) mass is 212 g/mol. The lowest BCUT2D eigenvalue weighted by atomic mass is 10.3. The van der Waals surface area contributed by atoms with Crippen molar-refractivity contribution in [1.82, 2.24) is 9.03 Å². The fraction of sp³-hybridized carbons (Fsp3) is 1.00. The Morgan fingerprint density at radius 2 is 2.31 bits per heavy atom. The van der Waals surface area contributed by atoms with Crippen LogP contribution >= 0.6 is 0 Å². The Kier molecular flexibility index (Phi) is 3.60. The number of nitrogens with zero attached hydrogens (tertiary/aromatic N) is 1. The molecule has 0 amide bonds. The van der Waals surface area contributed by atoms with E-state index in [0.717, 1.165) is 4.31 Å². The van der Waals surface area contributed by atoms with Crippen LogP contribution in [0.1, 0.15) is 6.42 Å². The number of nitrogens with one attached hydrogen (secondary N) is 1. The van der Waals surface area contributed by atoms with Gasteiger partial charge < -0.3 is 5.11 Å². The van der Waals surface area contributed by atoms with Crippen LogP contribution in [-0.4, -0.2) is 50.2 Å². The molecule has 1 saturated heterocycles. The van der Waals surface area contributed by atoms with Gasteiger partial charge in [-0.1, -0.05) is 0 Å². The van der Waals surface area contributed by atoms with E-state index in [9.17, 15) is 12.8 Å². The van der Waals surface area contributed by atoms with Crippen molar-refractivity contribution in [2.75, 3.05) is 26.3 Å². The molecule has 0 aromatic rings. The first kappa shape index (κ1) is 10.8. The van der Waals surface area contributed by atoms with Crippen molar-refractivity contribution in [3.8, 4) is 0 Å². The van der Waals surface area contributed by atoms with E-state index >= 15 is 0 Å². The Morgan fingerprint density at radius 1 is 1.62 bits per heavy atom. The van der Waals surface area contributed by atoms with E-state index in [1.165, 1.54) is 0 Å². The summed E-state index contributed by atoms with van der Waals surface area (Å²) in [5, 5.41) is 8.93. The Morgan fingerprint density at radius 3 is 2.85 bits per heavy atom. The molecule has 1 heterocycles. The van der Waals surface area contributed by atoms with Crippen LogP contribution in [0, 0.1) is 0 Å². The third kappa shape index (κ3) is 2.87. The van der Waals surface area contributed by atoms with E-state index in [-0.39, 0.29) is 6.54 Å². The van der Waals surface area contributed by atoms with Gasteiger partial charge in [-0.05, 0) is 6.42 Å².